The number of hydrogen-bond donors (Lipinski definition) is 0. The quantitative estimate of drug-likeness (QED) is 0.825. The lowest BCUT2D eigenvalue weighted by Gasteiger charge is -2.33. The van der Waals surface area contributed by atoms with Crippen LogP contribution in [0.2, 0.25) is 4.34 Å². The van der Waals surface area contributed by atoms with Crippen LogP contribution in [0.25, 0.3) is 0 Å². The van der Waals surface area contributed by atoms with Crippen LogP contribution in [0, 0.1) is 5.82 Å². The Kier molecular flexibility index (Phi) is 5.03. The van der Waals surface area contributed by atoms with E-state index < -0.39 is 15.8 Å². The number of piperazine rings is 1. The fraction of sp³-hybridized carbons (Fsp3) is 0.333. The molecule has 1 fully saturated rings. The van der Waals surface area contributed by atoms with Gasteiger partial charge < -0.3 is 0 Å². The molecule has 0 saturated carbocycles. The van der Waals surface area contributed by atoms with Gasteiger partial charge in [0.25, 0.3) is 0 Å². The molecule has 0 unspecified atom stereocenters. The highest BCUT2D eigenvalue weighted by Crippen LogP contribution is 2.24. The molecule has 0 aliphatic carbocycles. The summed E-state index contributed by atoms with van der Waals surface area (Å²) in [5, 5.41) is 0. The Morgan fingerprint density at radius 3 is 2.48 bits per heavy atom. The molecule has 1 aliphatic rings. The lowest BCUT2D eigenvalue weighted by Crippen LogP contribution is -2.48. The van der Waals surface area contributed by atoms with Gasteiger partial charge in [0.15, 0.2) is 0 Å². The van der Waals surface area contributed by atoms with E-state index in [0.29, 0.717) is 26.2 Å². The molecule has 1 aliphatic heterocycles. The van der Waals surface area contributed by atoms with Gasteiger partial charge in [-0.3, -0.25) is 4.90 Å². The molecule has 2 aromatic rings. The summed E-state index contributed by atoms with van der Waals surface area (Å²) < 4.78 is 40.5. The van der Waals surface area contributed by atoms with Crippen LogP contribution in [0.1, 0.15) is 4.88 Å². The van der Waals surface area contributed by atoms with Crippen LogP contribution in [0.15, 0.2) is 41.3 Å². The van der Waals surface area contributed by atoms with Gasteiger partial charge in [-0.15, -0.1) is 11.3 Å². The molecule has 1 saturated heterocycles. The Hall–Kier alpha value is -0.990. The second-order valence-corrected chi connectivity index (χ2v) is 9.08. The van der Waals surface area contributed by atoms with E-state index in [1.165, 1.54) is 33.8 Å². The van der Waals surface area contributed by atoms with Gasteiger partial charge in [0.1, 0.15) is 5.82 Å². The van der Waals surface area contributed by atoms with Crippen molar-refractivity contribution in [3.8, 4) is 0 Å². The highest BCUT2D eigenvalue weighted by atomic mass is 35.5. The van der Waals surface area contributed by atoms with Crippen LogP contribution in [0.3, 0.4) is 0 Å². The van der Waals surface area contributed by atoms with Crippen molar-refractivity contribution in [2.24, 2.45) is 0 Å². The predicted octanol–water partition coefficient (Wildman–Crippen LogP) is 3.05. The Bertz CT molecular complexity index is 786. The van der Waals surface area contributed by atoms with E-state index >= 15 is 0 Å². The molecule has 0 bridgehead atoms. The van der Waals surface area contributed by atoms with Crippen molar-refractivity contribution in [1.29, 1.82) is 0 Å². The van der Waals surface area contributed by atoms with Crippen molar-refractivity contribution in [1.82, 2.24) is 9.21 Å². The molecular formula is C15H16ClFN2O2S2. The van der Waals surface area contributed by atoms with E-state index in [1.807, 2.05) is 12.1 Å². The average Bonchev–Trinajstić information content (AvgIpc) is 2.93. The van der Waals surface area contributed by atoms with Gasteiger partial charge in [-0.1, -0.05) is 17.7 Å². The molecule has 124 valence electrons. The van der Waals surface area contributed by atoms with E-state index in [0.717, 1.165) is 21.8 Å². The van der Waals surface area contributed by atoms with Crippen molar-refractivity contribution < 1.29 is 12.8 Å². The minimum atomic E-state index is -3.63. The van der Waals surface area contributed by atoms with E-state index in [4.69, 9.17) is 11.6 Å². The van der Waals surface area contributed by atoms with Crippen molar-refractivity contribution in [2.45, 2.75) is 11.4 Å². The van der Waals surface area contributed by atoms with Crippen LogP contribution in [-0.2, 0) is 16.6 Å². The molecule has 23 heavy (non-hydrogen) atoms. The Labute approximate surface area is 144 Å². The molecule has 0 amide bonds. The Morgan fingerprint density at radius 1 is 1.13 bits per heavy atom. The highest BCUT2D eigenvalue weighted by molar-refractivity contribution is 7.89. The van der Waals surface area contributed by atoms with Crippen molar-refractivity contribution in [2.75, 3.05) is 26.2 Å². The largest absolute Gasteiger partial charge is 0.296 e. The topological polar surface area (TPSA) is 40.6 Å². The van der Waals surface area contributed by atoms with E-state index in [1.54, 1.807) is 0 Å². The molecule has 0 radical (unpaired) electrons. The third kappa shape index (κ3) is 3.92. The number of rotatable bonds is 4. The summed E-state index contributed by atoms with van der Waals surface area (Å²) in [7, 11) is -3.63. The number of sulfonamides is 1. The fourth-order valence-corrected chi connectivity index (χ4v) is 5.15. The molecule has 0 spiro atoms. The number of halogens is 2. The number of thiophene rings is 1. The normalized spacial score (nSPS) is 17.5. The number of hydrogen-bond acceptors (Lipinski definition) is 4. The Balaban J connectivity index is 1.64. The minimum Gasteiger partial charge on any atom is -0.296 e. The summed E-state index contributed by atoms with van der Waals surface area (Å²) in [6.45, 7) is 2.86. The average molecular weight is 375 g/mol. The maximum absolute atomic E-state index is 13.3. The third-order valence-electron chi connectivity index (χ3n) is 3.77. The fourth-order valence-electron chi connectivity index (χ4n) is 2.56. The summed E-state index contributed by atoms with van der Waals surface area (Å²) in [6.07, 6.45) is 0. The first-order valence-corrected chi connectivity index (χ1v) is 9.81. The summed E-state index contributed by atoms with van der Waals surface area (Å²) in [6, 6.07) is 9.00. The molecule has 8 heteroatoms. The van der Waals surface area contributed by atoms with Crippen LogP contribution in [0.4, 0.5) is 4.39 Å². The molecule has 1 aromatic carbocycles. The van der Waals surface area contributed by atoms with Crippen LogP contribution >= 0.6 is 22.9 Å². The highest BCUT2D eigenvalue weighted by Gasteiger charge is 2.28. The first-order valence-electron chi connectivity index (χ1n) is 7.17. The summed E-state index contributed by atoms with van der Waals surface area (Å²) in [4.78, 5) is 3.37. The standard InChI is InChI=1S/C15H16ClFN2O2S2/c16-15-5-4-13(22-15)11-18-6-8-19(9-7-18)23(20,21)14-3-1-2-12(17)10-14/h1-5,10H,6-9,11H2. The van der Waals surface area contributed by atoms with Gasteiger partial charge >= 0.3 is 0 Å². The van der Waals surface area contributed by atoms with Gasteiger partial charge in [0, 0.05) is 37.6 Å². The van der Waals surface area contributed by atoms with Crippen molar-refractivity contribution >= 4 is 33.0 Å². The van der Waals surface area contributed by atoms with Crippen LogP contribution in [0.5, 0.6) is 0 Å². The number of nitrogens with zero attached hydrogens (tertiary/aromatic N) is 2. The maximum Gasteiger partial charge on any atom is 0.243 e. The molecule has 0 N–H and O–H groups in total. The lowest BCUT2D eigenvalue weighted by molar-refractivity contribution is 0.183. The molecule has 2 heterocycles. The zero-order valence-electron chi connectivity index (χ0n) is 12.3. The second kappa shape index (κ2) is 6.86. The van der Waals surface area contributed by atoms with Gasteiger partial charge in [0.05, 0.1) is 9.23 Å². The SMILES string of the molecule is O=S(=O)(c1cccc(F)c1)N1CCN(Cc2ccc(Cl)s2)CC1. The van der Waals surface area contributed by atoms with Gasteiger partial charge in [0.2, 0.25) is 10.0 Å². The van der Waals surface area contributed by atoms with Gasteiger partial charge in [-0.25, -0.2) is 12.8 Å². The summed E-state index contributed by atoms with van der Waals surface area (Å²) >= 11 is 7.46. The number of benzene rings is 1. The zero-order valence-corrected chi connectivity index (χ0v) is 14.7. The van der Waals surface area contributed by atoms with Gasteiger partial charge in [-0.05, 0) is 30.3 Å². The first kappa shape index (κ1) is 16.9. The lowest BCUT2D eigenvalue weighted by atomic mass is 10.3. The molecule has 0 atom stereocenters. The molecule has 3 rings (SSSR count). The van der Waals surface area contributed by atoms with Crippen molar-refractivity contribution in [3.63, 3.8) is 0 Å². The van der Waals surface area contributed by atoms with E-state index in [-0.39, 0.29) is 4.90 Å². The Morgan fingerprint density at radius 2 is 1.87 bits per heavy atom. The molecule has 1 aromatic heterocycles. The third-order valence-corrected chi connectivity index (χ3v) is 6.88. The second-order valence-electron chi connectivity index (χ2n) is 5.34. The van der Waals surface area contributed by atoms with Crippen LogP contribution < -0.4 is 0 Å². The summed E-state index contributed by atoms with van der Waals surface area (Å²) in [5.74, 6) is -0.542. The smallest absolute Gasteiger partial charge is 0.243 e. The maximum atomic E-state index is 13.3. The monoisotopic (exact) mass is 374 g/mol. The first-order chi connectivity index (χ1) is 10.9. The minimum absolute atomic E-state index is 0.0102. The van der Waals surface area contributed by atoms with Gasteiger partial charge in [-0.2, -0.15) is 4.31 Å². The molecular weight excluding hydrogens is 359 g/mol. The predicted molar refractivity (Wildman–Crippen MR) is 89.8 cm³/mol. The zero-order chi connectivity index (χ0) is 16.4. The molecule has 4 nitrogen and oxygen atoms in total. The van der Waals surface area contributed by atoms with Crippen LogP contribution in [-0.4, -0.2) is 43.8 Å². The summed E-state index contributed by atoms with van der Waals surface area (Å²) in [5.41, 5.74) is 0. The van der Waals surface area contributed by atoms with E-state index in [9.17, 15) is 12.8 Å². The van der Waals surface area contributed by atoms with E-state index in [2.05, 4.69) is 4.90 Å². The van der Waals surface area contributed by atoms with Crippen molar-refractivity contribution in [3.05, 3.63) is 51.4 Å².